The molecule has 5 heteroatoms. The van der Waals surface area contributed by atoms with Crippen molar-refractivity contribution in [2.75, 3.05) is 7.11 Å². The third kappa shape index (κ3) is 2.72. The van der Waals surface area contributed by atoms with E-state index < -0.39 is 5.97 Å². The van der Waals surface area contributed by atoms with E-state index in [1.54, 1.807) is 24.4 Å². The summed E-state index contributed by atoms with van der Waals surface area (Å²) in [5.41, 5.74) is 1.64. The highest BCUT2D eigenvalue weighted by atomic mass is 16.5. The molecule has 2 aromatic rings. The third-order valence-corrected chi connectivity index (χ3v) is 3.02. The number of carbonyl (C=O) groups excluding carboxylic acids is 1. The molecular formula is C15H17NO4. The highest BCUT2D eigenvalue weighted by Crippen LogP contribution is 2.27. The van der Waals surface area contributed by atoms with Crippen LogP contribution in [0.4, 0.5) is 0 Å². The Morgan fingerprint density at radius 3 is 2.75 bits per heavy atom. The van der Waals surface area contributed by atoms with Crippen LogP contribution in [0.1, 0.15) is 41.4 Å². The Labute approximate surface area is 117 Å². The van der Waals surface area contributed by atoms with Crippen LogP contribution in [0.3, 0.4) is 0 Å². The van der Waals surface area contributed by atoms with Crippen molar-refractivity contribution in [1.29, 1.82) is 0 Å². The van der Waals surface area contributed by atoms with Crippen molar-refractivity contribution in [2.24, 2.45) is 0 Å². The van der Waals surface area contributed by atoms with Gasteiger partial charge in [0.15, 0.2) is 0 Å². The topological polar surface area (TPSA) is 72.6 Å². The second-order valence-electron chi connectivity index (χ2n) is 4.74. The van der Waals surface area contributed by atoms with Gasteiger partial charge in [-0.1, -0.05) is 19.9 Å². The average molecular weight is 275 g/mol. The number of aromatic nitrogens is 1. The number of rotatable bonds is 4. The van der Waals surface area contributed by atoms with E-state index in [4.69, 9.17) is 9.15 Å². The predicted octanol–water partition coefficient (Wildman–Crippen LogP) is 2.74. The maximum Gasteiger partial charge on any atom is 0.337 e. The molecule has 1 aromatic heterocycles. The number of esters is 1. The van der Waals surface area contributed by atoms with Crippen molar-refractivity contribution in [3.8, 4) is 11.5 Å². The first-order valence-corrected chi connectivity index (χ1v) is 6.35. The fourth-order valence-electron chi connectivity index (χ4n) is 1.84. The number of benzene rings is 1. The van der Waals surface area contributed by atoms with Crippen LogP contribution in [0.25, 0.3) is 11.5 Å². The molecule has 0 amide bonds. The van der Waals surface area contributed by atoms with E-state index in [1.165, 1.54) is 7.11 Å². The molecule has 0 saturated heterocycles. The summed E-state index contributed by atoms with van der Waals surface area (Å²) in [6.45, 7) is 3.85. The zero-order chi connectivity index (χ0) is 14.7. The van der Waals surface area contributed by atoms with Gasteiger partial charge < -0.3 is 14.3 Å². The summed E-state index contributed by atoms with van der Waals surface area (Å²) >= 11 is 0. The Bertz CT molecular complexity index is 616. The Morgan fingerprint density at radius 2 is 2.20 bits per heavy atom. The number of oxazole rings is 1. The fraction of sp³-hybridized carbons (Fsp3) is 0.333. The number of nitrogens with zero attached hydrogens (tertiary/aromatic N) is 1. The smallest absolute Gasteiger partial charge is 0.337 e. The molecule has 1 heterocycles. The molecular weight excluding hydrogens is 258 g/mol. The van der Waals surface area contributed by atoms with Crippen LogP contribution >= 0.6 is 0 Å². The minimum atomic E-state index is -0.439. The summed E-state index contributed by atoms with van der Waals surface area (Å²) in [6, 6.07) is 4.89. The molecule has 106 valence electrons. The number of carbonyl (C=O) groups is 1. The highest BCUT2D eigenvalue weighted by Gasteiger charge is 2.16. The molecule has 0 bridgehead atoms. The van der Waals surface area contributed by atoms with Gasteiger partial charge in [0, 0.05) is 11.5 Å². The first-order valence-electron chi connectivity index (χ1n) is 6.35. The van der Waals surface area contributed by atoms with Crippen LogP contribution in [0, 0.1) is 0 Å². The van der Waals surface area contributed by atoms with Gasteiger partial charge in [0.05, 0.1) is 25.5 Å². The lowest BCUT2D eigenvalue weighted by Gasteiger charge is -2.06. The second kappa shape index (κ2) is 5.88. The monoisotopic (exact) mass is 275 g/mol. The summed E-state index contributed by atoms with van der Waals surface area (Å²) in [5.74, 6) is 0.930. The standard InChI is InChI=1S/C15H17NO4/c1-9(2)13-7-16-14(20-13)12-6-10(15(18)19-3)4-5-11(12)8-17/h4-7,9,17H,8H2,1-3H3. The SMILES string of the molecule is COC(=O)c1ccc(CO)c(-c2ncc(C(C)C)o2)c1. The fourth-order valence-corrected chi connectivity index (χ4v) is 1.84. The Kier molecular flexibility index (Phi) is 4.20. The molecule has 0 aliphatic carbocycles. The lowest BCUT2D eigenvalue weighted by atomic mass is 10.0. The summed E-state index contributed by atoms with van der Waals surface area (Å²) in [6.07, 6.45) is 1.66. The van der Waals surface area contributed by atoms with Crippen molar-refractivity contribution in [3.63, 3.8) is 0 Å². The first kappa shape index (κ1) is 14.3. The van der Waals surface area contributed by atoms with Gasteiger partial charge in [-0.3, -0.25) is 0 Å². The summed E-state index contributed by atoms with van der Waals surface area (Å²) in [4.78, 5) is 15.8. The van der Waals surface area contributed by atoms with Crippen LogP contribution in [0.5, 0.6) is 0 Å². The largest absolute Gasteiger partial charge is 0.465 e. The molecule has 1 aromatic carbocycles. The van der Waals surface area contributed by atoms with E-state index in [9.17, 15) is 9.90 Å². The summed E-state index contributed by atoms with van der Waals surface area (Å²) in [5, 5.41) is 9.40. The minimum Gasteiger partial charge on any atom is -0.465 e. The lowest BCUT2D eigenvalue weighted by molar-refractivity contribution is 0.0600. The van der Waals surface area contributed by atoms with Crippen LogP contribution in [-0.2, 0) is 11.3 Å². The van der Waals surface area contributed by atoms with Gasteiger partial charge in [0.1, 0.15) is 5.76 Å². The van der Waals surface area contributed by atoms with Gasteiger partial charge in [0.25, 0.3) is 0 Å². The van der Waals surface area contributed by atoms with Gasteiger partial charge in [-0.05, 0) is 17.7 Å². The van der Waals surface area contributed by atoms with Crippen molar-refractivity contribution in [1.82, 2.24) is 4.98 Å². The van der Waals surface area contributed by atoms with Crippen LogP contribution in [0.2, 0.25) is 0 Å². The average Bonchev–Trinajstić information content (AvgIpc) is 2.95. The quantitative estimate of drug-likeness (QED) is 0.868. The van der Waals surface area contributed by atoms with E-state index in [0.29, 0.717) is 22.6 Å². The van der Waals surface area contributed by atoms with E-state index in [0.717, 1.165) is 5.76 Å². The summed E-state index contributed by atoms with van der Waals surface area (Å²) in [7, 11) is 1.32. The maximum atomic E-state index is 11.6. The normalized spacial score (nSPS) is 10.8. The van der Waals surface area contributed by atoms with Crippen molar-refractivity contribution in [3.05, 3.63) is 41.3 Å². The number of aliphatic hydroxyl groups excluding tert-OH is 1. The van der Waals surface area contributed by atoms with Crippen molar-refractivity contribution >= 4 is 5.97 Å². The van der Waals surface area contributed by atoms with Gasteiger partial charge >= 0.3 is 5.97 Å². The molecule has 0 unspecified atom stereocenters. The Morgan fingerprint density at radius 1 is 1.45 bits per heavy atom. The van der Waals surface area contributed by atoms with E-state index in [1.807, 2.05) is 13.8 Å². The van der Waals surface area contributed by atoms with E-state index >= 15 is 0 Å². The molecule has 0 atom stereocenters. The number of hydrogen-bond donors (Lipinski definition) is 1. The van der Waals surface area contributed by atoms with Crippen LogP contribution < -0.4 is 0 Å². The van der Waals surface area contributed by atoms with Crippen LogP contribution in [-0.4, -0.2) is 23.2 Å². The van der Waals surface area contributed by atoms with Crippen molar-refractivity contribution in [2.45, 2.75) is 26.4 Å². The zero-order valence-corrected chi connectivity index (χ0v) is 11.7. The summed E-state index contributed by atoms with van der Waals surface area (Å²) < 4.78 is 10.4. The molecule has 0 aliphatic rings. The third-order valence-electron chi connectivity index (χ3n) is 3.02. The van der Waals surface area contributed by atoms with E-state index in [-0.39, 0.29) is 12.5 Å². The molecule has 20 heavy (non-hydrogen) atoms. The molecule has 0 saturated carbocycles. The second-order valence-corrected chi connectivity index (χ2v) is 4.74. The number of methoxy groups -OCH3 is 1. The molecule has 5 nitrogen and oxygen atoms in total. The minimum absolute atomic E-state index is 0.157. The van der Waals surface area contributed by atoms with Gasteiger partial charge in [-0.15, -0.1) is 0 Å². The molecule has 0 fully saturated rings. The highest BCUT2D eigenvalue weighted by molar-refractivity contribution is 5.91. The van der Waals surface area contributed by atoms with E-state index in [2.05, 4.69) is 4.98 Å². The first-order chi connectivity index (χ1) is 9.56. The van der Waals surface area contributed by atoms with Gasteiger partial charge in [0.2, 0.25) is 5.89 Å². The molecule has 0 radical (unpaired) electrons. The number of aliphatic hydroxyl groups is 1. The van der Waals surface area contributed by atoms with Gasteiger partial charge in [-0.25, -0.2) is 9.78 Å². The number of hydrogen-bond acceptors (Lipinski definition) is 5. The molecule has 0 spiro atoms. The Balaban J connectivity index is 2.49. The van der Waals surface area contributed by atoms with Crippen LogP contribution in [0.15, 0.2) is 28.8 Å². The lowest BCUT2D eigenvalue weighted by Crippen LogP contribution is -2.02. The molecule has 0 aliphatic heterocycles. The van der Waals surface area contributed by atoms with Gasteiger partial charge in [-0.2, -0.15) is 0 Å². The predicted molar refractivity (Wildman–Crippen MR) is 73.3 cm³/mol. The Hall–Kier alpha value is -2.14. The van der Waals surface area contributed by atoms with Crippen molar-refractivity contribution < 1.29 is 19.1 Å². The zero-order valence-electron chi connectivity index (χ0n) is 11.7. The number of ether oxygens (including phenoxy) is 1. The molecule has 1 N–H and O–H groups in total. The molecule has 2 rings (SSSR count). The maximum absolute atomic E-state index is 11.6.